The molecule has 1 aliphatic carbocycles. The van der Waals surface area contributed by atoms with Gasteiger partial charge < -0.3 is 5.11 Å². The van der Waals surface area contributed by atoms with Gasteiger partial charge in [0.1, 0.15) is 5.75 Å². The molecular formula is C17H16ClNO. The molecule has 0 saturated carbocycles. The molecule has 0 radical (unpaired) electrons. The summed E-state index contributed by atoms with van der Waals surface area (Å²) in [5.74, 6) is 0.449. The molecule has 0 fully saturated rings. The van der Waals surface area contributed by atoms with Crippen LogP contribution in [0.25, 0.3) is 0 Å². The van der Waals surface area contributed by atoms with Gasteiger partial charge in [0.05, 0.1) is 5.02 Å². The molecule has 1 aliphatic rings. The summed E-state index contributed by atoms with van der Waals surface area (Å²) in [6.45, 7) is 0. The maximum Gasteiger partial charge on any atom is 0.134 e. The lowest BCUT2D eigenvalue weighted by Crippen LogP contribution is -2.17. The predicted molar refractivity (Wildman–Crippen MR) is 83.1 cm³/mol. The van der Waals surface area contributed by atoms with E-state index in [0.29, 0.717) is 10.9 Å². The van der Waals surface area contributed by atoms with Crippen LogP contribution >= 0.6 is 11.6 Å². The van der Waals surface area contributed by atoms with E-state index in [0.717, 1.165) is 18.4 Å². The fourth-order valence-electron chi connectivity index (χ4n) is 2.95. The van der Waals surface area contributed by atoms with Crippen LogP contribution in [-0.4, -0.2) is 17.9 Å². The average molecular weight is 286 g/mol. The Hall–Kier alpha value is -1.80. The minimum Gasteiger partial charge on any atom is -0.506 e. The number of aromatic hydroxyl groups is 1. The van der Waals surface area contributed by atoms with E-state index in [9.17, 15) is 5.11 Å². The van der Waals surface area contributed by atoms with E-state index in [2.05, 4.69) is 29.3 Å². The molecular weight excluding hydrogens is 270 g/mol. The molecule has 2 aromatic rings. The SMILES string of the molecule is CN=C1CC[C@@H](c2ccc(O)c(Cl)c2)c2ccccc21. The quantitative estimate of drug-likeness (QED) is 0.828. The summed E-state index contributed by atoms with van der Waals surface area (Å²) < 4.78 is 0. The zero-order valence-electron chi connectivity index (χ0n) is 11.3. The topological polar surface area (TPSA) is 32.6 Å². The van der Waals surface area contributed by atoms with Crippen molar-refractivity contribution in [3.05, 3.63) is 64.2 Å². The number of aliphatic imine (C=N–C) groups is 1. The second-order valence-corrected chi connectivity index (χ2v) is 5.47. The number of halogens is 1. The van der Waals surface area contributed by atoms with Crippen LogP contribution in [-0.2, 0) is 0 Å². The summed E-state index contributed by atoms with van der Waals surface area (Å²) in [5.41, 5.74) is 4.84. The molecule has 0 aliphatic heterocycles. The third kappa shape index (κ3) is 2.20. The first-order valence-electron chi connectivity index (χ1n) is 6.74. The number of hydrogen-bond donors (Lipinski definition) is 1. The lowest BCUT2D eigenvalue weighted by Gasteiger charge is -2.27. The monoisotopic (exact) mass is 285 g/mol. The van der Waals surface area contributed by atoms with Crippen molar-refractivity contribution in [2.45, 2.75) is 18.8 Å². The Balaban J connectivity index is 2.09. The molecule has 1 atom stereocenters. The van der Waals surface area contributed by atoms with Crippen LogP contribution in [0.5, 0.6) is 5.75 Å². The first kappa shape index (κ1) is 13.2. The molecule has 0 unspecified atom stereocenters. The van der Waals surface area contributed by atoms with Crippen molar-refractivity contribution in [1.29, 1.82) is 0 Å². The van der Waals surface area contributed by atoms with Crippen LogP contribution < -0.4 is 0 Å². The van der Waals surface area contributed by atoms with Gasteiger partial charge in [0, 0.05) is 18.7 Å². The zero-order chi connectivity index (χ0) is 14.1. The summed E-state index contributed by atoms with van der Waals surface area (Å²) in [5, 5.41) is 9.98. The molecule has 3 heteroatoms. The molecule has 3 rings (SSSR count). The Morgan fingerprint density at radius 2 is 2.00 bits per heavy atom. The highest BCUT2D eigenvalue weighted by Gasteiger charge is 2.25. The Labute approximate surface area is 123 Å². The van der Waals surface area contributed by atoms with Gasteiger partial charge in [0.15, 0.2) is 0 Å². The van der Waals surface area contributed by atoms with Crippen LogP contribution in [0.1, 0.15) is 35.4 Å². The van der Waals surface area contributed by atoms with Crippen LogP contribution in [0.3, 0.4) is 0 Å². The molecule has 0 spiro atoms. The lowest BCUT2D eigenvalue weighted by molar-refractivity contribution is 0.475. The van der Waals surface area contributed by atoms with E-state index in [-0.39, 0.29) is 5.75 Å². The van der Waals surface area contributed by atoms with Gasteiger partial charge in [-0.2, -0.15) is 0 Å². The average Bonchev–Trinajstić information content (AvgIpc) is 2.49. The van der Waals surface area contributed by atoms with Gasteiger partial charge in [0.2, 0.25) is 0 Å². The van der Waals surface area contributed by atoms with Crippen LogP contribution in [0.15, 0.2) is 47.5 Å². The summed E-state index contributed by atoms with van der Waals surface area (Å²) >= 11 is 6.04. The van der Waals surface area contributed by atoms with Crippen molar-refractivity contribution in [1.82, 2.24) is 0 Å². The smallest absolute Gasteiger partial charge is 0.134 e. The number of phenols is 1. The highest BCUT2D eigenvalue weighted by Crippen LogP contribution is 2.38. The minimum absolute atomic E-state index is 0.135. The largest absolute Gasteiger partial charge is 0.506 e. The number of hydrogen-bond acceptors (Lipinski definition) is 2. The Morgan fingerprint density at radius 3 is 2.75 bits per heavy atom. The third-order valence-corrected chi connectivity index (χ3v) is 4.26. The van der Waals surface area contributed by atoms with E-state index in [1.165, 1.54) is 16.8 Å². The number of nitrogens with zero attached hydrogens (tertiary/aromatic N) is 1. The highest BCUT2D eigenvalue weighted by atomic mass is 35.5. The summed E-state index contributed by atoms with van der Waals surface area (Å²) in [6.07, 6.45) is 1.99. The molecule has 102 valence electrons. The molecule has 0 heterocycles. The fourth-order valence-corrected chi connectivity index (χ4v) is 3.14. The normalized spacial score (nSPS) is 19.9. The van der Waals surface area contributed by atoms with Crippen molar-refractivity contribution >= 4 is 17.3 Å². The summed E-state index contributed by atoms with van der Waals surface area (Å²) in [4.78, 5) is 4.40. The van der Waals surface area contributed by atoms with E-state index in [1.54, 1.807) is 6.07 Å². The maximum absolute atomic E-state index is 9.57. The van der Waals surface area contributed by atoms with Crippen LogP contribution in [0, 0.1) is 0 Å². The Bertz CT molecular complexity index is 678. The van der Waals surface area contributed by atoms with E-state index in [1.807, 2.05) is 19.2 Å². The van der Waals surface area contributed by atoms with Gasteiger partial charge in [-0.1, -0.05) is 41.9 Å². The lowest BCUT2D eigenvalue weighted by atomic mass is 9.78. The van der Waals surface area contributed by atoms with Gasteiger partial charge >= 0.3 is 0 Å². The molecule has 1 N–H and O–H groups in total. The Morgan fingerprint density at radius 1 is 1.20 bits per heavy atom. The fraction of sp³-hybridized carbons (Fsp3) is 0.235. The standard InChI is InChI=1S/C17H16ClNO/c1-19-16-8-7-12(13-4-2-3-5-14(13)16)11-6-9-17(20)15(18)10-11/h2-6,9-10,12,20H,7-8H2,1H3/t12-/m0/s1. The van der Waals surface area contributed by atoms with Gasteiger partial charge in [-0.3, -0.25) is 4.99 Å². The van der Waals surface area contributed by atoms with Crippen LogP contribution in [0.4, 0.5) is 0 Å². The van der Waals surface area contributed by atoms with Gasteiger partial charge in [-0.15, -0.1) is 0 Å². The predicted octanol–water partition coefficient (Wildman–Crippen LogP) is 4.39. The Kier molecular flexibility index (Phi) is 3.49. The number of benzene rings is 2. The summed E-state index contributed by atoms with van der Waals surface area (Å²) in [7, 11) is 1.85. The second kappa shape index (κ2) is 5.29. The number of fused-ring (bicyclic) bond motifs is 1. The van der Waals surface area contributed by atoms with Crippen molar-refractivity contribution in [3.8, 4) is 5.75 Å². The molecule has 0 amide bonds. The molecule has 0 saturated heterocycles. The zero-order valence-corrected chi connectivity index (χ0v) is 12.1. The molecule has 20 heavy (non-hydrogen) atoms. The molecule has 0 aromatic heterocycles. The highest BCUT2D eigenvalue weighted by molar-refractivity contribution is 6.32. The van der Waals surface area contributed by atoms with Crippen molar-refractivity contribution in [2.75, 3.05) is 7.05 Å². The number of phenolic OH excluding ortho intramolecular Hbond substituents is 1. The van der Waals surface area contributed by atoms with Crippen molar-refractivity contribution < 1.29 is 5.11 Å². The summed E-state index contributed by atoms with van der Waals surface area (Å²) in [6, 6.07) is 13.9. The van der Waals surface area contributed by atoms with Gasteiger partial charge in [-0.25, -0.2) is 0 Å². The van der Waals surface area contributed by atoms with Crippen molar-refractivity contribution in [3.63, 3.8) is 0 Å². The molecule has 2 aromatic carbocycles. The first-order valence-corrected chi connectivity index (χ1v) is 7.12. The van der Waals surface area contributed by atoms with E-state index in [4.69, 9.17) is 11.6 Å². The maximum atomic E-state index is 9.57. The molecule has 0 bridgehead atoms. The van der Waals surface area contributed by atoms with E-state index >= 15 is 0 Å². The third-order valence-electron chi connectivity index (χ3n) is 3.96. The minimum atomic E-state index is 0.135. The number of rotatable bonds is 1. The molecule has 2 nitrogen and oxygen atoms in total. The van der Waals surface area contributed by atoms with Gasteiger partial charge in [0.25, 0.3) is 0 Å². The van der Waals surface area contributed by atoms with Gasteiger partial charge in [-0.05, 0) is 41.7 Å². The van der Waals surface area contributed by atoms with E-state index < -0.39 is 0 Å². The van der Waals surface area contributed by atoms with Crippen LogP contribution in [0.2, 0.25) is 5.02 Å². The first-order chi connectivity index (χ1) is 9.70. The second-order valence-electron chi connectivity index (χ2n) is 5.06. The van der Waals surface area contributed by atoms with Crippen molar-refractivity contribution in [2.24, 2.45) is 4.99 Å².